The Morgan fingerprint density at radius 2 is 1.86 bits per heavy atom. The second-order valence-electron chi connectivity index (χ2n) is 3.44. The maximum atomic E-state index is 10.8. The van der Waals surface area contributed by atoms with Gasteiger partial charge in [-0.1, -0.05) is 0 Å². The van der Waals surface area contributed by atoms with Gasteiger partial charge in [0.05, 0.1) is 12.1 Å². The van der Waals surface area contributed by atoms with Gasteiger partial charge in [0.25, 0.3) is 0 Å². The summed E-state index contributed by atoms with van der Waals surface area (Å²) in [6, 6.07) is -0.703. The Kier molecular flexibility index (Phi) is 3.43. The highest BCUT2D eigenvalue weighted by molar-refractivity contribution is 5.73. The Labute approximate surface area is 81.5 Å². The first-order valence-electron chi connectivity index (χ1n) is 4.40. The number of amides is 1. The Morgan fingerprint density at radius 3 is 2.36 bits per heavy atom. The third kappa shape index (κ3) is 2.21. The van der Waals surface area contributed by atoms with Gasteiger partial charge in [0, 0.05) is 6.92 Å². The first-order chi connectivity index (χ1) is 6.43. The zero-order valence-corrected chi connectivity index (χ0v) is 8.04. The number of carbonyl (C=O) groups excluding carboxylic acids is 1. The van der Waals surface area contributed by atoms with Gasteiger partial charge in [0.1, 0.15) is 12.2 Å². The average Bonchev–Trinajstić information content (AvgIpc) is 2.09. The highest BCUT2D eigenvalue weighted by Crippen LogP contribution is 2.19. The van der Waals surface area contributed by atoms with Gasteiger partial charge in [-0.3, -0.25) is 4.79 Å². The number of hydrogen-bond acceptors (Lipinski definition) is 5. The molecule has 1 saturated heterocycles. The first kappa shape index (κ1) is 11.4. The number of aliphatic hydroxyl groups excluding tert-OH is 3. The molecule has 82 valence electrons. The molecule has 14 heavy (non-hydrogen) atoms. The molecule has 0 spiro atoms. The Bertz CT molecular complexity index is 222. The van der Waals surface area contributed by atoms with Crippen LogP contribution in [0.4, 0.5) is 0 Å². The lowest BCUT2D eigenvalue weighted by Crippen LogP contribution is -2.62. The van der Waals surface area contributed by atoms with Crippen molar-refractivity contribution in [2.24, 2.45) is 0 Å². The van der Waals surface area contributed by atoms with E-state index >= 15 is 0 Å². The summed E-state index contributed by atoms with van der Waals surface area (Å²) >= 11 is 0. The summed E-state index contributed by atoms with van der Waals surface area (Å²) < 4.78 is 4.91. The van der Waals surface area contributed by atoms with Crippen molar-refractivity contribution < 1.29 is 24.9 Å². The minimum absolute atomic E-state index is 0.326. The number of nitrogens with one attached hydrogen (secondary N) is 1. The quantitative estimate of drug-likeness (QED) is 0.395. The maximum Gasteiger partial charge on any atom is 0.217 e. The lowest BCUT2D eigenvalue weighted by molar-refractivity contribution is -0.253. The minimum Gasteiger partial charge on any atom is -0.388 e. The molecular weight excluding hydrogens is 190 g/mol. The average molecular weight is 205 g/mol. The molecule has 1 amide bonds. The van der Waals surface area contributed by atoms with E-state index < -0.39 is 30.6 Å². The molecule has 0 aromatic heterocycles. The second kappa shape index (κ2) is 4.22. The van der Waals surface area contributed by atoms with Gasteiger partial charge in [0.15, 0.2) is 6.29 Å². The van der Waals surface area contributed by atoms with Gasteiger partial charge in [-0.05, 0) is 6.92 Å². The Morgan fingerprint density at radius 1 is 1.29 bits per heavy atom. The molecule has 0 aliphatic carbocycles. The zero-order chi connectivity index (χ0) is 10.9. The van der Waals surface area contributed by atoms with Crippen molar-refractivity contribution in [3.63, 3.8) is 0 Å². The molecule has 0 aromatic carbocycles. The minimum atomic E-state index is -1.41. The van der Waals surface area contributed by atoms with E-state index in [1.165, 1.54) is 6.92 Å². The van der Waals surface area contributed by atoms with E-state index in [1.807, 2.05) is 0 Å². The van der Waals surface area contributed by atoms with Crippen LogP contribution in [0.2, 0.25) is 0 Å². The van der Waals surface area contributed by atoms with Crippen LogP contribution in [0.1, 0.15) is 13.8 Å². The van der Waals surface area contributed by atoms with E-state index in [4.69, 9.17) is 9.84 Å². The number of hydrogen-bond donors (Lipinski definition) is 4. The monoisotopic (exact) mass is 205 g/mol. The van der Waals surface area contributed by atoms with E-state index in [0.29, 0.717) is 0 Å². The van der Waals surface area contributed by atoms with Gasteiger partial charge < -0.3 is 25.4 Å². The normalized spacial score (nSPS) is 43.4. The summed E-state index contributed by atoms with van der Waals surface area (Å²) in [5.74, 6) is -0.326. The molecule has 0 aromatic rings. The third-order valence-electron chi connectivity index (χ3n) is 2.24. The van der Waals surface area contributed by atoms with Gasteiger partial charge in [-0.2, -0.15) is 0 Å². The van der Waals surface area contributed by atoms with Gasteiger partial charge in [-0.25, -0.2) is 0 Å². The van der Waals surface area contributed by atoms with E-state index in [-0.39, 0.29) is 5.91 Å². The Balaban J connectivity index is 2.68. The molecule has 0 saturated carbocycles. The number of rotatable bonds is 1. The van der Waals surface area contributed by atoms with Crippen molar-refractivity contribution in [3.05, 3.63) is 0 Å². The fourth-order valence-electron chi connectivity index (χ4n) is 1.48. The van der Waals surface area contributed by atoms with E-state index in [2.05, 4.69) is 5.32 Å². The first-order valence-corrected chi connectivity index (χ1v) is 4.40. The highest BCUT2D eigenvalue weighted by atomic mass is 16.6. The summed E-state index contributed by atoms with van der Waals surface area (Å²) in [5, 5.41) is 30.4. The summed E-state index contributed by atoms with van der Waals surface area (Å²) in [5.41, 5.74) is 0. The third-order valence-corrected chi connectivity index (χ3v) is 2.24. The summed E-state index contributed by atoms with van der Waals surface area (Å²) in [6.45, 7) is 2.90. The molecule has 5 atom stereocenters. The van der Waals surface area contributed by atoms with Crippen LogP contribution in [0.25, 0.3) is 0 Å². The summed E-state index contributed by atoms with van der Waals surface area (Å²) in [6.07, 6.45) is -4.59. The van der Waals surface area contributed by atoms with Crippen LogP contribution in [-0.4, -0.2) is 51.9 Å². The predicted molar refractivity (Wildman–Crippen MR) is 46.2 cm³/mol. The van der Waals surface area contributed by atoms with Crippen molar-refractivity contribution in [2.45, 2.75) is 44.5 Å². The molecule has 1 aliphatic heterocycles. The van der Waals surface area contributed by atoms with E-state index in [0.717, 1.165) is 0 Å². The zero-order valence-electron chi connectivity index (χ0n) is 8.04. The molecule has 1 unspecified atom stereocenters. The lowest BCUT2D eigenvalue weighted by atomic mass is 9.97. The van der Waals surface area contributed by atoms with Crippen molar-refractivity contribution in [1.82, 2.24) is 5.32 Å². The standard InChI is InChI=1S/C8H15NO5/c1-3-5(9-4(2)10)6(11)7(12)8(13)14-3/h3,5-8,11-13H,1-2H3,(H,9,10)/t3-,5+,6+,7-,8?/m0/s1. The number of aliphatic hydroxyl groups is 3. The molecule has 1 fully saturated rings. The molecule has 0 bridgehead atoms. The maximum absolute atomic E-state index is 10.8. The molecule has 6 nitrogen and oxygen atoms in total. The molecule has 0 radical (unpaired) electrons. The van der Waals surface area contributed by atoms with Gasteiger partial charge in [0.2, 0.25) is 5.91 Å². The highest BCUT2D eigenvalue weighted by Gasteiger charge is 2.42. The van der Waals surface area contributed by atoms with Crippen LogP contribution in [0.3, 0.4) is 0 Å². The second-order valence-corrected chi connectivity index (χ2v) is 3.44. The molecule has 1 heterocycles. The predicted octanol–water partition coefficient (Wildman–Crippen LogP) is -2.05. The number of carbonyl (C=O) groups is 1. The van der Waals surface area contributed by atoms with Crippen molar-refractivity contribution >= 4 is 5.91 Å². The largest absolute Gasteiger partial charge is 0.388 e. The molecule has 4 N–H and O–H groups in total. The number of ether oxygens (including phenoxy) is 1. The topological polar surface area (TPSA) is 99.0 Å². The fourth-order valence-corrected chi connectivity index (χ4v) is 1.48. The summed E-state index contributed by atoms with van der Waals surface area (Å²) in [4.78, 5) is 10.8. The molecule has 6 heteroatoms. The fraction of sp³-hybridized carbons (Fsp3) is 0.875. The van der Waals surface area contributed by atoms with Crippen LogP contribution >= 0.6 is 0 Å². The molecule has 1 aliphatic rings. The van der Waals surface area contributed by atoms with Crippen molar-refractivity contribution in [1.29, 1.82) is 0 Å². The van der Waals surface area contributed by atoms with Crippen molar-refractivity contribution in [3.8, 4) is 0 Å². The van der Waals surface area contributed by atoms with Crippen LogP contribution < -0.4 is 5.32 Å². The van der Waals surface area contributed by atoms with Crippen LogP contribution in [0, 0.1) is 0 Å². The SMILES string of the molecule is CC(=O)N[C@H]1[C@@H](O)[C@H](O)C(O)O[C@H]1C. The lowest BCUT2D eigenvalue weighted by Gasteiger charge is -2.39. The summed E-state index contributed by atoms with van der Waals surface area (Å²) in [7, 11) is 0. The Hall–Kier alpha value is -0.690. The van der Waals surface area contributed by atoms with Crippen molar-refractivity contribution in [2.75, 3.05) is 0 Å². The van der Waals surface area contributed by atoms with E-state index in [1.54, 1.807) is 6.92 Å². The van der Waals surface area contributed by atoms with E-state index in [9.17, 15) is 15.0 Å². The van der Waals surface area contributed by atoms with Gasteiger partial charge in [-0.15, -0.1) is 0 Å². The van der Waals surface area contributed by atoms with Gasteiger partial charge >= 0.3 is 0 Å². The van der Waals surface area contributed by atoms with Crippen LogP contribution in [0.5, 0.6) is 0 Å². The molecule has 1 rings (SSSR count). The van der Waals surface area contributed by atoms with Crippen LogP contribution in [-0.2, 0) is 9.53 Å². The van der Waals surface area contributed by atoms with Crippen LogP contribution in [0.15, 0.2) is 0 Å². The smallest absolute Gasteiger partial charge is 0.217 e. The molecular formula is C8H15NO5.